The topological polar surface area (TPSA) is 80.6 Å². The van der Waals surface area contributed by atoms with Gasteiger partial charge in [0.15, 0.2) is 0 Å². The number of fused-ring (bicyclic) bond motifs is 5. The zero-order chi connectivity index (χ0) is 34.4. The van der Waals surface area contributed by atoms with Gasteiger partial charge in [0, 0.05) is 55.9 Å². The molecule has 0 radical (unpaired) electrons. The maximum absolute atomic E-state index is 4.75. The van der Waals surface area contributed by atoms with Crippen molar-refractivity contribution in [3.8, 4) is 33.5 Å². The number of aromatic nitrogens is 6. The van der Waals surface area contributed by atoms with E-state index in [1.54, 1.807) is 30.3 Å². The number of benzene rings is 6. The molecule has 10 rings (SSSR count). The maximum Gasteiger partial charge on any atom is 0.116 e. The molecule has 0 saturated heterocycles. The largest absolute Gasteiger partial charge is 0.311 e. The van der Waals surface area contributed by atoms with Gasteiger partial charge in [0.1, 0.15) is 19.0 Å². The van der Waals surface area contributed by atoms with Crippen molar-refractivity contribution in [1.29, 1.82) is 0 Å². The molecule has 0 aliphatic heterocycles. The van der Waals surface area contributed by atoms with Crippen molar-refractivity contribution in [2.75, 3.05) is 4.90 Å². The fourth-order valence-electron chi connectivity index (χ4n) is 6.86. The second-order valence-corrected chi connectivity index (χ2v) is 13.6. The Labute approximate surface area is 302 Å². The van der Waals surface area contributed by atoms with Crippen LogP contribution >= 0.6 is 11.3 Å². The molecule has 0 amide bonds. The van der Waals surface area contributed by atoms with E-state index in [-0.39, 0.29) is 0 Å². The van der Waals surface area contributed by atoms with E-state index in [2.05, 4.69) is 163 Å². The lowest BCUT2D eigenvalue weighted by Crippen LogP contribution is -2.09. The second-order valence-electron chi connectivity index (χ2n) is 12.6. The van der Waals surface area contributed by atoms with E-state index in [4.69, 9.17) is 4.98 Å². The third kappa shape index (κ3) is 5.30. The van der Waals surface area contributed by atoms with Crippen molar-refractivity contribution in [3.05, 3.63) is 165 Å². The zero-order valence-electron chi connectivity index (χ0n) is 27.6. The number of nitrogens with zero attached hydrogens (tertiary/aromatic N) is 7. The van der Waals surface area contributed by atoms with E-state index in [0.717, 1.165) is 88.0 Å². The van der Waals surface area contributed by atoms with Crippen LogP contribution in [-0.4, -0.2) is 29.9 Å². The Kier molecular flexibility index (Phi) is 7.18. The summed E-state index contributed by atoms with van der Waals surface area (Å²) in [4.78, 5) is 28.9. The average molecular weight is 686 g/mol. The van der Waals surface area contributed by atoms with Crippen molar-refractivity contribution in [3.63, 3.8) is 0 Å². The normalized spacial score (nSPS) is 11.5. The monoisotopic (exact) mass is 685 g/mol. The summed E-state index contributed by atoms with van der Waals surface area (Å²) in [7, 11) is 0. The van der Waals surface area contributed by atoms with Crippen LogP contribution in [-0.2, 0) is 0 Å². The van der Waals surface area contributed by atoms with Crippen molar-refractivity contribution < 1.29 is 0 Å². The molecule has 52 heavy (non-hydrogen) atoms. The van der Waals surface area contributed by atoms with Gasteiger partial charge in [-0.15, -0.1) is 11.3 Å². The SMILES string of the molecule is c1ccc2c(c1)sc1c(-c3ccc(N(c4ccc(-c5ccc6cncnc6c5)cc4)c4ccc(-c5ccc6cncnc6c5)cc4)cc3)ncnc12. The highest BCUT2D eigenvalue weighted by molar-refractivity contribution is 7.26. The molecule has 4 aromatic heterocycles. The van der Waals surface area contributed by atoms with Gasteiger partial charge in [-0.1, -0.05) is 78.9 Å². The van der Waals surface area contributed by atoms with E-state index >= 15 is 0 Å². The van der Waals surface area contributed by atoms with E-state index in [1.807, 2.05) is 12.4 Å². The fraction of sp³-hybridized carbons (Fsp3) is 0. The van der Waals surface area contributed by atoms with Gasteiger partial charge in [-0.05, 0) is 76.9 Å². The third-order valence-electron chi connectivity index (χ3n) is 9.49. The molecule has 10 aromatic rings. The molecule has 7 nitrogen and oxygen atoms in total. The molecule has 0 fully saturated rings. The average Bonchev–Trinajstić information content (AvgIpc) is 3.61. The molecule has 8 heteroatoms. The highest BCUT2D eigenvalue weighted by atomic mass is 32.1. The number of hydrogen-bond acceptors (Lipinski definition) is 8. The van der Waals surface area contributed by atoms with E-state index in [0.29, 0.717) is 0 Å². The summed E-state index contributed by atoms with van der Waals surface area (Å²) in [6.45, 7) is 0. The summed E-state index contributed by atoms with van der Waals surface area (Å²) >= 11 is 1.74. The third-order valence-corrected chi connectivity index (χ3v) is 10.7. The van der Waals surface area contributed by atoms with Crippen LogP contribution in [0, 0.1) is 0 Å². The molecule has 0 unspecified atom stereocenters. The molecular weight excluding hydrogens is 659 g/mol. The first-order chi connectivity index (χ1) is 25.7. The smallest absolute Gasteiger partial charge is 0.116 e. The first-order valence-electron chi connectivity index (χ1n) is 16.9. The Morgan fingerprint density at radius 2 is 0.962 bits per heavy atom. The van der Waals surface area contributed by atoms with Crippen LogP contribution in [0.1, 0.15) is 0 Å². The van der Waals surface area contributed by atoms with Gasteiger partial charge >= 0.3 is 0 Å². The summed E-state index contributed by atoms with van der Waals surface area (Å²) in [6, 6.07) is 47.1. The minimum absolute atomic E-state index is 0.925. The molecule has 0 aliphatic rings. The highest BCUT2D eigenvalue weighted by Crippen LogP contribution is 2.40. The van der Waals surface area contributed by atoms with Crippen LogP contribution < -0.4 is 4.90 Å². The first-order valence-corrected chi connectivity index (χ1v) is 17.7. The van der Waals surface area contributed by atoms with Gasteiger partial charge in [0.25, 0.3) is 0 Å². The second kappa shape index (κ2) is 12.5. The Morgan fingerprint density at radius 1 is 0.442 bits per heavy atom. The summed E-state index contributed by atoms with van der Waals surface area (Å²) in [5.41, 5.74) is 12.4. The van der Waals surface area contributed by atoms with E-state index < -0.39 is 0 Å². The molecule has 0 atom stereocenters. The van der Waals surface area contributed by atoms with Crippen LogP contribution in [0.4, 0.5) is 17.1 Å². The number of hydrogen-bond donors (Lipinski definition) is 0. The predicted molar refractivity (Wildman–Crippen MR) is 212 cm³/mol. The molecule has 4 heterocycles. The molecular formula is C44H27N7S. The summed E-state index contributed by atoms with van der Waals surface area (Å²) in [6.07, 6.45) is 8.54. The predicted octanol–water partition coefficient (Wildman–Crippen LogP) is 11.2. The molecule has 0 spiro atoms. The van der Waals surface area contributed by atoms with E-state index in [1.165, 1.54) is 4.70 Å². The quantitative estimate of drug-likeness (QED) is 0.172. The zero-order valence-corrected chi connectivity index (χ0v) is 28.4. The molecule has 0 N–H and O–H groups in total. The van der Waals surface area contributed by atoms with Crippen molar-refractivity contribution in [2.24, 2.45) is 0 Å². The maximum atomic E-state index is 4.75. The van der Waals surface area contributed by atoms with Crippen LogP contribution in [0.15, 0.2) is 165 Å². The van der Waals surface area contributed by atoms with Gasteiger partial charge in [0.05, 0.1) is 26.9 Å². The Morgan fingerprint density at radius 3 is 1.54 bits per heavy atom. The number of anilines is 3. The number of rotatable bonds is 6. The Balaban J connectivity index is 1.04. The minimum Gasteiger partial charge on any atom is -0.311 e. The van der Waals surface area contributed by atoms with Gasteiger partial charge in [-0.2, -0.15) is 0 Å². The lowest BCUT2D eigenvalue weighted by Gasteiger charge is -2.26. The lowest BCUT2D eigenvalue weighted by atomic mass is 10.0. The number of thiophene rings is 1. The van der Waals surface area contributed by atoms with Crippen LogP contribution in [0.25, 0.3) is 75.6 Å². The van der Waals surface area contributed by atoms with E-state index in [9.17, 15) is 0 Å². The summed E-state index contributed by atoms with van der Waals surface area (Å²) < 4.78 is 2.31. The van der Waals surface area contributed by atoms with Crippen LogP contribution in [0.5, 0.6) is 0 Å². The highest BCUT2D eigenvalue weighted by Gasteiger charge is 2.16. The molecule has 6 aromatic carbocycles. The van der Waals surface area contributed by atoms with Crippen molar-refractivity contribution in [1.82, 2.24) is 29.9 Å². The lowest BCUT2D eigenvalue weighted by molar-refractivity contribution is 1.22. The van der Waals surface area contributed by atoms with Crippen LogP contribution in [0.3, 0.4) is 0 Å². The fourth-order valence-corrected chi connectivity index (χ4v) is 8.03. The molecule has 0 saturated carbocycles. The van der Waals surface area contributed by atoms with Gasteiger partial charge in [-0.25, -0.2) is 29.9 Å². The molecule has 0 aliphatic carbocycles. The summed E-state index contributed by atoms with van der Waals surface area (Å²) in [5.74, 6) is 0. The summed E-state index contributed by atoms with van der Waals surface area (Å²) in [5, 5.41) is 3.20. The first kappa shape index (κ1) is 30.0. The Bertz CT molecular complexity index is 2780. The molecule has 244 valence electrons. The van der Waals surface area contributed by atoms with Gasteiger partial charge in [0.2, 0.25) is 0 Å². The van der Waals surface area contributed by atoms with Crippen molar-refractivity contribution in [2.45, 2.75) is 0 Å². The standard InChI is InChI=1S/C44H27N7S/c1-2-4-41-38(3-1)43-44(52-41)42(49-27-50-43)30-13-19-37(20-14-30)51(35-15-9-28(10-16-35)31-5-7-33-23-45-25-47-39(33)21-31)36-17-11-29(12-18-36)32-6-8-34-24-46-26-48-40(34)22-32/h1-27H. The van der Waals surface area contributed by atoms with Gasteiger partial charge < -0.3 is 4.90 Å². The minimum atomic E-state index is 0.925. The molecule has 0 bridgehead atoms. The van der Waals surface area contributed by atoms with Crippen molar-refractivity contribution >= 4 is 70.5 Å². The van der Waals surface area contributed by atoms with Crippen LogP contribution in [0.2, 0.25) is 0 Å². The van der Waals surface area contributed by atoms with Gasteiger partial charge in [-0.3, -0.25) is 0 Å². The Hall–Kier alpha value is -6.90.